The van der Waals surface area contributed by atoms with Crippen LogP contribution in [0.25, 0.3) is 0 Å². The maximum atomic E-state index is 10.7. The van der Waals surface area contributed by atoms with Gasteiger partial charge in [0.15, 0.2) is 0 Å². The summed E-state index contributed by atoms with van der Waals surface area (Å²) in [6, 6.07) is 7.75. The van der Waals surface area contributed by atoms with Crippen molar-refractivity contribution in [2.24, 2.45) is 5.92 Å². The van der Waals surface area contributed by atoms with E-state index >= 15 is 0 Å². The summed E-state index contributed by atoms with van der Waals surface area (Å²) in [5.41, 5.74) is 5.22. The highest BCUT2D eigenvalue weighted by Gasteiger charge is 2.37. The average Bonchev–Trinajstić information content (AvgIpc) is 3.42. The molecule has 4 N–H and O–H groups in total. The Morgan fingerprint density at radius 2 is 1.23 bits per heavy atom. The lowest BCUT2D eigenvalue weighted by atomic mass is 9.82. The van der Waals surface area contributed by atoms with Crippen molar-refractivity contribution in [3.05, 3.63) is 57.6 Å². The van der Waals surface area contributed by atoms with E-state index in [-0.39, 0.29) is 30.6 Å². The Morgan fingerprint density at radius 1 is 0.808 bits per heavy atom. The van der Waals surface area contributed by atoms with Crippen LogP contribution in [-0.4, -0.2) is 33.6 Å². The number of phenols is 2. The molecule has 4 nitrogen and oxygen atoms in total. The summed E-state index contributed by atoms with van der Waals surface area (Å²) < 4.78 is 0. The van der Waals surface area contributed by atoms with Crippen LogP contribution in [-0.2, 0) is 12.8 Å². The van der Waals surface area contributed by atoms with Gasteiger partial charge >= 0.3 is 0 Å². The largest absolute Gasteiger partial charge is 0.507 e. The van der Waals surface area contributed by atoms with Crippen LogP contribution in [0.3, 0.4) is 0 Å². The third-order valence-corrected chi connectivity index (χ3v) is 5.34. The van der Waals surface area contributed by atoms with Gasteiger partial charge in [0.1, 0.15) is 11.5 Å². The summed E-state index contributed by atoms with van der Waals surface area (Å²) in [6.45, 7) is 3.87. The van der Waals surface area contributed by atoms with Crippen LogP contribution in [0.4, 0.5) is 0 Å². The Labute approximate surface area is 154 Å². The minimum absolute atomic E-state index is 0.0636. The van der Waals surface area contributed by atoms with Crippen molar-refractivity contribution in [3.63, 3.8) is 0 Å². The first-order chi connectivity index (χ1) is 12.5. The van der Waals surface area contributed by atoms with E-state index in [0.717, 1.165) is 46.2 Å². The zero-order valence-corrected chi connectivity index (χ0v) is 15.5. The molecule has 0 aliphatic heterocycles. The molecule has 0 heterocycles. The van der Waals surface area contributed by atoms with Crippen LogP contribution in [0, 0.1) is 19.8 Å². The van der Waals surface area contributed by atoms with E-state index in [1.54, 1.807) is 0 Å². The number of aryl methyl sites for hydroxylation is 2. The summed E-state index contributed by atoms with van der Waals surface area (Å²) in [7, 11) is 0. The number of rotatable bonds is 7. The number of hydrogen-bond acceptors (Lipinski definition) is 4. The van der Waals surface area contributed by atoms with Gasteiger partial charge in [-0.3, -0.25) is 0 Å². The van der Waals surface area contributed by atoms with E-state index < -0.39 is 0 Å². The number of hydrogen-bond donors (Lipinski definition) is 4. The SMILES string of the molecule is Cc1cc(CCO)cc(C(c2cc(CCO)cc(C)c2O)C2CC2)c1O. The van der Waals surface area contributed by atoms with Crippen molar-refractivity contribution in [2.45, 2.75) is 45.4 Å². The second-order valence-electron chi connectivity index (χ2n) is 7.46. The van der Waals surface area contributed by atoms with E-state index in [0.29, 0.717) is 18.8 Å². The Morgan fingerprint density at radius 3 is 1.58 bits per heavy atom. The van der Waals surface area contributed by atoms with Crippen LogP contribution in [0.15, 0.2) is 24.3 Å². The fourth-order valence-electron chi connectivity index (χ4n) is 3.89. The predicted octanol–water partition coefficient (Wildman–Crippen LogP) is 3.33. The number of phenolic OH excluding ortho intramolecular Hbond substituents is 2. The van der Waals surface area contributed by atoms with Gasteiger partial charge in [-0.15, -0.1) is 0 Å². The molecule has 0 spiro atoms. The molecule has 0 aromatic heterocycles. The maximum Gasteiger partial charge on any atom is 0.122 e. The van der Waals surface area contributed by atoms with Crippen LogP contribution < -0.4 is 0 Å². The van der Waals surface area contributed by atoms with Gasteiger partial charge in [0.05, 0.1) is 0 Å². The number of aliphatic hydroxyl groups excluding tert-OH is 2. The first-order valence-electron chi connectivity index (χ1n) is 9.32. The highest BCUT2D eigenvalue weighted by atomic mass is 16.3. The van der Waals surface area contributed by atoms with Gasteiger partial charge in [0, 0.05) is 30.3 Å². The fraction of sp³-hybridized carbons (Fsp3) is 0.455. The van der Waals surface area contributed by atoms with E-state index in [9.17, 15) is 20.4 Å². The van der Waals surface area contributed by atoms with Crippen molar-refractivity contribution in [3.8, 4) is 11.5 Å². The molecule has 0 amide bonds. The topological polar surface area (TPSA) is 80.9 Å². The standard InChI is InChI=1S/C22H28O4/c1-13-9-15(5-7-23)11-18(21(13)25)20(17-3-4-17)19-12-16(6-8-24)10-14(2)22(19)26/h9-12,17,20,23-26H,3-8H2,1-2H3. The van der Waals surface area contributed by atoms with Crippen LogP contribution in [0.2, 0.25) is 0 Å². The van der Waals surface area contributed by atoms with Crippen LogP contribution in [0.1, 0.15) is 52.1 Å². The molecule has 0 saturated heterocycles. The molecule has 0 unspecified atom stereocenters. The smallest absolute Gasteiger partial charge is 0.122 e. The summed E-state index contributed by atoms with van der Waals surface area (Å²) in [5, 5.41) is 40.1. The molecule has 26 heavy (non-hydrogen) atoms. The summed E-state index contributed by atoms with van der Waals surface area (Å²) in [6.07, 6.45) is 3.22. The lowest BCUT2D eigenvalue weighted by Crippen LogP contribution is -2.08. The quantitative estimate of drug-likeness (QED) is 0.613. The Kier molecular flexibility index (Phi) is 5.54. The van der Waals surface area contributed by atoms with E-state index in [1.165, 1.54) is 0 Å². The highest BCUT2D eigenvalue weighted by Crippen LogP contribution is 2.51. The van der Waals surface area contributed by atoms with E-state index in [1.807, 2.05) is 38.1 Å². The van der Waals surface area contributed by atoms with E-state index in [4.69, 9.17) is 0 Å². The zero-order chi connectivity index (χ0) is 18.8. The first-order valence-corrected chi connectivity index (χ1v) is 9.32. The molecular weight excluding hydrogens is 328 g/mol. The average molecular weight is 356 g/mol. The molecule has 1 aliphatic carbocycles. The molecule has 0 atom stereocenters. The van der Waals surface area contributed by atoms with Crippen LogP contribution >= 0.6 is 0 Å². The molecule has 1 fully saturated rings. The van der Waals surface area contributed by atoms with Crippen molar-refractivity contribution in [1.29, 1.82) is 0 Å². The molecule has 140 valence electrons. The van der Waals surface area contributed by atoms with Gasteiger partial charge in [0.2, 0.25) is 0 Å². The molecular formula is C22H28O4. The monoisotopic (exact) mass is 356 g/mol. The normalized spacial score (nSPS) is 14.2. The molecule has 3 rings (SSSR count). The van der Waals surface area contributed by atoms with Crippen molar-refractivity contribution in [2.75, 3.05) is 13.2 Å². The minimum atomic E-state index is -0.0790. The number of aliphatic hydroxyl groups is 2. The molecule has 1 aliphatic rings. The molecule has 1 saturated carbocycles. The molecule has 2 aromatic rings. The molecule has 2 aromatic carbocycles. The molecule has 0 bridgehead atoms. The van der Waals surface area contributed by atoms with Gasteiger partial charge < -0.3 is 20.4 Å². The van der Waals surface area contributed by atoms with Gasteiger partial charge in [-0.25, -0.2) is 0 Å². The fourth-order valence-corrected chi connectivity index (χ4v) is 3.89. The Bertz CT molecular complexity index is 732. The zero-order valence-electron chi connectivity index (χ0n) is 15.5. The van der Waals surface area contributed by atoms with Gasteiger partial charge in [-0.1, -0.05) is 24.3 Å². The Hall–Kier alpha value is -2.04. The maximum absolute atomic E-state index is 10.7. The van der Waals surface area contributed by atoms with Crippen LogP contribution in [0.5, 0.6) is 11.5 Å². The summed E-state index contributed by atoms with van der Waals surface area (Å²) >= 11 is 0. The minimum Gasteiger partial charge on any atom is -0.507 e. The lowest BCUT2D eigenvalue weighted by Gasteiger charge is -2.23. The first kappa shape index (κ1) is 18.7. The van der Waals surface area contributed by atoms with Gasteiger partial charge in [0.25, 0.3) is 0 Å². The second-order valence-corrected chi connectivity index (χ2v) is 7.46. The molecule has 4 heteroatoms. The van der Waals surface area contributed by atoms with Crippen molar-refractivity contribution in [1.82, 2.24) is 0 Å². The summed E-state index contributed by atoms with van der Waals surface area (Å²) in [5.74, 6) is 0.852. The van der Waals surface area contributed by atoms with Gasteiger partial charge in [-0.2, -0.15) is 0 Å². The van der Waals surface area contributed by atoms with Crippen molar-refractivity contribution >= 4 is 0 Å². The number of aromatic hydroxyl groups is 2. The van der Waals surface area contributed by atoms with Gasteiger partial charge in [-0.05, 0) is 67.7 Å². The second kappa shape index (κ2) is 7.68. The Balaban J connectivity index is 2.15. The molecule has 0 radical (unpaired) electrons. The highest BCUT2D eigenvalue weighted by molar-refractivity contribution is 5.54. The predicted molar refractivity (Wildman–Crippen MR) is 102 cm³/mol. The van der Waals surface area contributed by atoms with E-state index in [2.05, 4.69) is 0 Å². The lowest BCUT2D eigenvalue weighted by molar-refractivity contribution is 0.299. The summed E-state index contributed by atoms with van der Waals surface area (Å²) in [4.78, 5) is 0. The third kappa shape index (κ3) is 3.71. The number of benzene rings is 2. The van der Waals surface area contributed by atoms with Crippen molar-refractivity contribution < 1.29 is 20.4 Å². The third-order valence-electron chi connectivity index (χ3n) is 5.34.